The molecule has 1 saturated heterocycles. The first-order chi connectivity index (χ1) is 13.6. The van der Waals surface area contributed by atoms with Gasteiger partial charge >= 0.3 is 0 Å². The molecule has 1 heterocycles. The van der Waals surface area contributed by atoms with Crippen LogP contribution in [0.3, 0.4) is 0 Å². The molecule has 2 aromatic rings. The third kappa shape index (κ3) is 5.14. The number of rotatable bonds is 6. The molecule has 0 bridgehead atoms. The molecule has 0 spiro atoms. The molecule has 5 heteroatoms. The fraction of sp³-hybridized carbons (Fsp3) is 0.348. The Balaban J connectivity index is 1.66. The largest absolute Gasteiger partial charge is 0.493 e. The predicted octanol–water partition coefficient (Wildman–Crippen LogP) is 4.10. The van der Waals surface area contributed by atoms with Gasteiger partial charge in [-0.25, -0.2) is 0 Å². The van der Waals surface area contributed by atoms with Crippen molar-refractivity contribution in [2.75, 3.05) is 26.8 Å². The van der Waals surface area contributed by atoms with Crippen LogP contribution < -0.4 is 9.47 Å². The van der Waals surface area contributed by atoms with E-state index in [4.69, 9.17) is 14.2 Å². The zero-order chi connectivity index (χ0) is 19.9. The standard InChI is InChI=1S/C23H27NO4/c1-17(2)28-20-11-9-18(15-21(20)26-3)10-12-23(25)24-13-14-27-22(16-24)19-7-5-4-6-8-19/h4-12,15,17,22H,13-14,16H2,1-3H3/b12-10+. The van der Waals surface area contributed by atoms with Crippen LogP contribution in [0.25, 0.3) is 6.08 Å². The van der Waals surface area contributed by atoms with E-state index in [1.165, 1.54) is 0 Å². The van der Waals surface area contributed by atoms with Gasteiger partial charge in [0.15, 0.2) is 11.5 Å². The number of hydrogen-bond donors (Lipinski definition) is 0. The normalized spacial score (nSPS) is 17.1. The van der Waals surface area contributed by atoms with Gasteiger partial charge in [0.1, 0.15) is 6.10 Å². The molecule has 1 fully saturated rings. The van der Waals surface area contributed by atoms with Gasteiger partial charge in [-0.05, 0) is 43.2 Å². The highest BCUT2D eigenvalue weighted by Gasteiger charge is 2.24. The maximum absolute atomic E-state index is 12.6. The molecule has 1 atom stereocenters. The van der Waals surface area contributed by atoms with Crippen LogP contribution in [0.15, 0.2) is 54.6 Å². The van der Waals surface area contributed by atoms with Gasteiger partial charge in [0, 0.05) is 12.6 Å². The number of morpholine rings is 1. The molecular weight excluding hydrogens is 354 g/mol. The van der Waals surface area contributed by atoms with E-state index in [9.17, 15) is 4.79 Å². The summed E-state index contributed by atoms with van der Waals surface area (Å²) in [5.41, 5.74) is 1.98. The first-order valence-corrected chi connectivity index (χ1v) is 9.55. The molecule has 1 aliphatic rings. The molecule has 2 aromatic carbocycles. The van der Waals surface area contributed by atoms with E-state index in [0.29, 0.717) is 31.2 Å². The highest BCUT2D eigenvalue weighted by Crippen LogP contribution is 2.29. The van der Waals surface area contributed by atoms with Crippen molar-refractivity contribution in [2.45, 2.75) is 26.1 Å². The average Bonchev–Trinajstić information content (AvgIpc) is 2.73. The van der Waals surface area contributed by atoms with E-state index in [1.54, 1.807) is 19.3 Å². The van der Waals surface area contributed by atoms with E-state index in [0.717, 1.165) is 11.1 Å². The van der Waals surface area contributed by atoms with Gasteiger partial charge in [0.2, 0.25) is 5.91 Å². The van der Waals surface area contributed by atoms with Gasteiger partial charge in [0.05, 0.1) is 26.4 Å². The maximum Gasteiger partial charge on any atom is 0.246 e. The van der Waals surface area contributed by atoms with Crippen LogP contribution in [0.2, 0.25) is 0 Å². The van der Waals surface area contributed by atoms with Gasteiger partial charge in [-0.2, -0.15) is 0 Å². The van der Waals surface area contributed by atoms with E-state index in [1.807, 2.05) is 67.3 Å². The van der Waals surface area contributed by atoms with Crippen LogP contribution >= 0.6 is 0 Å². The fourth-order valence-electron chi connectivity index (χ4n) is 3.13. The molecule has 1 unspecified atom stereocenters. The smallest absolute Gasteiger partial charge is 0.246 e. The van der Waals surface area contributed by atoms with Crippen LogP contribution in [-0.2, 0) is 9.53 Å². The molecule has 3 rings (SSSR count). The van der Waals surface area contributed by atoms with Gasteiger partial charge in [-0.3, -0.25) is 4.79 Å². The van der Waals surface area contributed by atoms with Crippen molar-refractivity contribution in [3.63, 3.8) is 0 Å². The first-order valence-electron chi connectivity index (χ1n) is 9.55. The third-order valence-corrected chi connectivity index (χ3v) is 4.52. The summed E-state index contributed by atoms with van der Waals surface area (Å²) in [7, 11) is 1.61. The number of hydrogen-bond acceptors (Lipinski definition) is 4. The minimum atomic E-state index is -0.0835. The lowest BCUT2D eigenvalue weighted by atomic mass is 10.1. The molecular formula is C23H27NO4. The number of amides is 1. The van der Waals surface area contributed by atoms with Crippen molar-refractivity contribution in [3.8, 4) is 11.5 Å². The highest BCUT2D eigenvalue weighted by molar-refractivity contribution is 5.92. The molecule has 0 aliphatic carbocycles. The number of methoxy groups -OCH3 is 1. The second-order valence-electron chi connectivity index (χ2n) is 6.96. The van der Waals surface area contributed by atoms with Crippen LogP contribution in [0.4, 0.5) is 0 Å². The Morgan fingerprint density at radius 3 is 2.68 bits per heavy atom. The first kappa shape index (κ1) is 20.0. The lowest BCUT2D eigenvalue weighted by molar-refractivity contribution is -0.133. The highest BCUT2D eigenvalue weighted by atomic mass is 16.5. The third-order valence-electron chi connectivity index (χ3n) is 4.52. The molecule has 28 heavy (non-hydrogen) atoms. The quantitative estimate of drug-likeness (QED) is 0.707. The number of benzene rings is 2. The summed E-state index contributed by atoms with van der Waals surface area (Å²) in [6, 6.07) is 15.7. The molecule has 0 aromatic heterocycles. The summed E-state index contributed by atoms with van der Waals surface area (Å²) in [5, 5.41) is 0. The predicted molar refractivity (Wildman–Crippen MR) is 110 cm³/mol. The van der Waals surface area contributed by atoms with E-state index < -0.39 is 0 Å². The second kappa shape index (κ2) is 9.42. The van der Waals surface area contributed by atoms with Crippen molar-refractivity contribution >= 4 is 12.0 Å². The van der Waals surface area contributed by atoms with Crippen molar-refractivity contribution in [3.05, 3.63) is 65.7 Å². The van der Waals surface area contributed by atoms with Crippen LogP contribution in [0.5, 0.6) is 11.5 Å². The Kier molecular flexibility index (Phi) is 6.71. The Labute approximate surface area is 166 Å². The van der Waals surface area contributed by atoms with Gasteiger partial charge < -0.3 is 19.1 Å². The minimum Gasteiger partial charge on any atom is -0.493 e. The lowest BCUT2D eigenvalue weighted by Crippen LogP contribution is -2.41. The molecule has 148 valence electrons. The zero-order valence-electron chi connectivity index (χ0n) is 16.6. The van der Waals surface area contributed by atoms with Gasteiger partial charge in [0.25, 0.3) is 0 Å². The van der Waals surface area contributed by atoms with E-state index >= 15 is 0 Å². The van der Waals surface area contributed by atoms with Crippen LogP contribution in [-0.4, -0.2) is 43.7 Å². The summed E-state index contributed by atoms with van der Waals surface area (Å²) in [4.78, 5) is 14.5. The van der Waals surface area contributed by atoms with Crippen molar-refractivity contribution in [1.29, 1.82) is 0 Å². The maximum atomic E-state index is 12.6. The monoisotopic (exact) mass is 381 g/mol. The Morgan fingerprint density at radius 2 is 1.96 bits per heavy atom. The molecule has 5 nitrogen and oxygen atoms in total. The lowest BCUT2D eigenvalue weighted by Gasteiger charge is -2.32. The SMILES string of the molecule is COc1cc(/C=C/C(=O)N2CCOC(c3ccccc3)C2)ccc1OC(C)C. The average molecular weight is 381 g/mol. The molecule has 0 saturated carbocycles. The number of carbonyl (C=O) groups excluding carboxylic acids is 1. The Bertz CT molecular complexity index is 817. The van der Waals surface area contributed by atoms with Gasteiger partial charge in [-0.15, -0.1) is 0 Å². The van der Waals surface area contributed by atoms with Crippen LogP contribution in [0.1, 0.15) is 31.1 Å². The minimum absolute atomic E-state index is 0.0225. The summed E-state index contributed by atoms with van der Waals surface area (Å²) in [6.45, 7) is 5.62. The summed E-state index contributed by atoms with van der Waals surface area (Å²) < 4.78 is 17.0. The van der Waals surface area contributed by atoms with E-state index in [2.05, 4.69) is 0 Å². The number of nitrogens with zero attached hydrogens (tertiary/aromatic N) is 1. The van der Waals surface area contributed by atoms with Crippen LogP contribution in [0, 0.1) is 0 Å². The number of carbonyl (C=O) groups is 1. The second-order valence-corrected chi connectivity index (χ2v) is 6.96. The fourth-order valence-corrected chi connectivity index (χ4v) is 3.13. The summed E-state index contributed by atoms with van der Waals surface area (Å²) in [5.74, 6) is 1.32. The van der Waals surface area contributed by atoms with Crippen molar-refractivity contribution in [2.24, 2.45) is 0 Å². The Hall–Kier alpha value is -2.79. The molecule has 1 aliphatic heterocycles. The Morgan fingerprint density at radius 1 is 1.18 bits per heavy atom. The molecule has 0 radical (unpaired) electrons. The number of ether oxygens (including phenoxy) is 3. The van der Waals surface area contributed by atoms with E-state index in [-0.39, 0.29) is 18.1 Å². The summed E-state index contributed by atoms with van der Waals surface area (Å²) in [6.07, 6.45) is 3.39. The van der Waals surface area contributed by atoms with Crippen molar-refractivity contribution in [1.82, 2.24) is 4.90 Å². The molecule has 0 N–H and O–H groups in total. The zero-order valence-corrected chi connectivity index (χ0v) is 16.6. The van der Waals surface area contributed by atoms with Crippen molar-refractivity contribution < 1.29 is 19.0 Å². The van der Waals surface area contributed by atoms with Gasteiger partial charge in [-0.1, -0.05) is 36.4 Å². The summed E-state index contributed by atoms with van der Waals surface area (Å²) >= 11 is 0. The molecule has 1 amide bonds. The topological polar surface area (TPSA) is 48.0 Å².